The number of hydrogen-bond donors (Lipinski definition) is 1. The van der Waals surface area contributed by atoms with Crippen LogP contribution in [-0.4, -0.2) is 9.55 Å². The predicted octanol–water partition coefficient (Wildman–Crippen LogP) is 3.37. The van der Waals surface area contributed by atoms with E-state index in [4.69, 9.17) is 10.7 Å². The fourth-order valence-electron chi connectivity index (χ4n) is 2.75. The number of nitrogens with zero attached hydrogens (tertiary/aromatic N) is 2. The van der Waals surface area contributed by atoms with Crippen molar-refractivity contribution in [3.8, 4) is 0 Å². The summed E-state index contributed by atoms with van der Waals surface area (Å²) in [6.45, 7) is 3.34. The van der Waals surface area contributed by atoms with Crippen molar-refractivity contribution in [1.29, 1.82) is 0 Å². The summed E-state index contributed by atoms with van der Waals surface area (Å²) in [5.41, 5.74) is 8.95. The van der Waals surface area contributed by atoms with Crippen LogP contribution in [0.3, 0.4) is 0 Å². The molecular formula is C15H21N3. The third-order valence-corrected chi connectivity index (χ3v) is 3.99. The minimum Gasteiger partial charge on any atom is -0.399 e. The van der Waals surface area contributed by atoms with Gasteiger partial charge in [-0.1, -0.05) is 13.3 Å². The summed E-state index contributed by atoms with van der Waals surface area (Å²) in [5.74, 6) is 2.08. The molecule has 1 fully saturated rings. The molecule has 0 bridgehead atoms. The van der Waals surface area contributed by atoms with E-state index in [2.05, 4.69) is 17.6 Å². The maximum atomic E-state index is 5.85. The van der Waals surface area contributed by atoms with Crippen LogP contribution in [0.25, 0.3) is 11.0 Å². The highest BCUT2D eigenvalue weighted by atomic mass is 15.1. The van der Waals surface area contributed by atoms with Crippen molar-refractivity contribution in [3.63, 3.8) is 0 Å². The summed E-state index contributed by atoms with van der Waals surface area (Å²) in [6, 6.07) is 6.10. The summed E-state index contributed by atoms with van der Waals surface area (Å²) in [7, 11) is 0. The summed E-state index contributed by atoms with van der Waals surface area (Å²) in [5, 5.41) is 0. The lowest BCUT2D eigenvalue weighted by molar-refractivity contribution is 0.276. The normalized spacial score (nSPS) is 16.1. The van der Waals surface area contributed by atoms with Crippen molar-refractivity contribution in [1.82, 2.24) is 9.55 Å². The second kappa shape index (κ2) is 4.63. The van der Waals surface area contributed by atoms with Crippen LogP contribution in [0, 0.1) is 5.92 Å². The summed E-state index contributed by atoms with van der Waals surface area (Å²) in [4.78, 5) is 4.76. The van der Waals surface area contributed by atoms with Gasteiger partial charge in [0, 0.05) is 18.7 Å². The Balaban J connectivity index is 2.02. The van der Waals surface area contributed by atoms with Gasteiger partial charge in [0.15, 0.2) is 0 Å². The monoisotopic (exact) mass is 243 g/mol. The van der Waals surface area contributed by atoms with Crippen molar-refractivity contribution < 1.29 is 0 Å². The van der Waals surface area contributed by atoms with Gasteiger partial charge in [-0.15, -0.1) is 0 Å². The predicted molar refractivity (Wildman–Crippen MR) is 75.5 cm³/mol. The molecule has 1 aliphatic rings. The minimum absolute atomic E-state index is 0.804. The summed E-state index contributed by atoms with van der Waals surface area (Å²) < 4.78 is 2.42. The molecule has 1 aliphatic carbocycles. The summed E-state index contributed by atoms with van der Waals surface area (Å²) in [6.07, 6.45) is 6.35. The Labute approximate surface area is 108 Å². The molecule has 0 saturated heterocycles. The SMILES string of the molecule is CCCc1nc2cc(N)ccc2n1CC1CCC1. The van der Waals surface area contributed by atoms with Crippen LogP contribution in [0.15, 0.2) is 18.2 Å². The van der Waals surface area contributed by atoms with E-state index in [1.165, 1.54) is 30.6 Å². The average Bonchev–Trinajstić information content (AvgIpc) is 2.61. The van der Waals surface area contributed by atoms with Gasteiger partial charge in [-0.05, 0) is 43.4 Å². The van der Waals surface area contributed by atoms with Gasteiger partial charge >= 0.3 is 0 Å². The Hall–Kier alpha value is -1.51. The van der Waals surface area contributed by atoms with Crippen LogP contribution >= 0.6 is 0 Å². The van der Waals surface area contributed by atoms with Crippen molar-refractivity contribution in [2.75, 3.05) is 5.73 Å². The molecule has 0 spiro atoms. The molecule has 3 nitrogen and oxygen atoms in total. The molecule has 3 heteroatoms. The van der Waals surface area contributed by atoms with E-state index in [0.29, 0.717) is 0 Å². The van der Waals surface area contributed by atoms with E-state index in [-0.39, 0.29) is 0 Å². The van der Waals surface area contributed by atoms with Crippen LogP contribution in [0.4, 0.5) is 5.69 Å². The number of fused-ring (bicyclic) bond motifs is 1. The molecule has 0 aliphatic heterocycles. The molecule has 0 atom stereocenters. The fourth-order valence-corrected chi connectivity index (χ4v) is 2.75. The molecular weight excluding hydrogens is 222 g/mol. The highest BCUT2D eigenvalue weighted by molar-refractivity contribution is 5.79. The number of nitrogen functional groups attached to an aromatic ring is 1. The Morgan fingerprint density at radius 3 is 2.89 bits per heavy atom. The topological polar surface area (TPSA) is 43.8 Å². The van der Waals surface area contributed by atoms with Crippen molar-refractivity contribution in [2.45, 2.75) is 45.6 Å². The molecule has 1 aromatic heterocycles. The van der Waals surface area contributed by atoms with Crippen LogP contribution in [0.5, 0.6) is 0 Å². The zero-order chi connectivity index (χ0) is 12.5. The van der Waals surface area contributed by atoms with E-state index in [1.807, 2.05) is 12.1 Å². The van der Waals surface area contributed by atoms with Crippen molar-refractivity contribution >= 4 is 16.7 Å². The lowest BCUT2D eigenvalue weighted by atomic mass is 9.85. The highest BCUT2D eigenvalue weighted by Crippen LogP contribution is 2.30. The van der Waals surface area contributed by atoms with E-state index in [1.54, 1.807) is 0 Å². The standard InChI is InChI=1S/C15H21N3/c1-2-4-15-17-13-9-12(16)7-8-14(13)18(15)10-11-5-3-6-11/h7-9,11H,2-6,10,16H2,1H3. The molecule has 1 saturated carbocycles. The van der Waals surface area contributed by atoms with Crippen LogP contribution < -0.4 is 5.73 Å². The van der Waals surface area contributed by atoms with Gasteiger partial charge in [0.05, 0.1) is 11.0 Å². The van der Waals surface area contributed by atoms with Crippen molar-refractivity contribution in [2.24, 2.45) is 5.92 Å². The molecule has 18 heavy (non-hydrogen) atoms. The minimum atomic E-state index is 0.804. The van der Waals surface area contributed by atoms with Gasteiger partial charge in [0.25, 0.3) is 0 Å². The first kappa shape index (κ1) is 11.6. The highest BCUT2D eigenvalue weighted by Gasteiger charge is 2.20. The molecule has 2 aromatic rings. The number of anilines is 1. The number of aromatic nitrogens is 2. The Morgan fingerprint density at radius 1 is 1.39 bits per heavy atom. The number of rotatable bonds is 4. The van der Waals surface area contributed by atoms with E-state index in [0.717, 1.165) is 36.5 Å². The van der Waals surface area contributed by atoms with Crippen LogP contribution in [-0.2, 0) is 13.0 Å². The second-order valence-corrected chi connectivity index (χ2v) is 5.43. The Bertz CT molecular complexity index is 552. The van der Waals surface area contributed by atoms with Gasteiger partial charge in [0.1, 0.15) is 5.82 Å². The Kier molecular flexibility index (Phi) is 2.98. The van der Waals surface area contributed by atoms with Gasteiger partial charge < -0.3 is 10.3 Å². The number of hydrogen-bond acceptors (Lipinski definition) is 2. The number of imidazole rings is 1. The maximum Gasteiger partial charge on any atom is 0.109 e. The van der Waals surface area contributed by atoms with E-state index in [9.17, 15) is 0 Å². The van der Waals surface area contributed by atoms with E-state index >= 15 is 0 Å². The van der Waals surface area contributed by atoms with Gasteiger partial charge in [-0.3, -0.25) is 0 Å². The first-order chi connectivity index (χ1) is 8.78. The van der Waals surface area contributed by atoms with Crippen molar-refractivity contribution in [3.05, 3.63) is 24.0 Å². The first-order valence-electron chi connectivity index (χ1n) is 7.02. The molecule has 96 valence electrons. The zero-order valence-electron chi connectivity index (χ0n) is 11.0. The molecule has 1 aromatic carbocycles. The molecule has 1 heterocycles. The molecule has 3 rings (SSSR count). The summed E-state index contributed by atoms with van der Waals surface area (Å²) >= 11 is 0. The molecule has 0 amide bonds. The second-order valence-electron chi connectivity index (χ2n) is 5.43. The first-order valence-corrected chi connectivity index (χ1v) is 7.02. The molecule has 0 unspecified atom stereocenters. The molecule has 0 radical (unpaired) electrons. The third-order valence-electron chi connectivity index (χ3n) is 3.99. The zero-order valence-corrected chi connectivity index (χ0v) is 11.0. The van der Waals surface area contributed by atoms with Gasteiger partial charge in [-0.2, -0.15) is 0 Å². The number of benzene rings is 1. The quantitative estimate of drug-likeness (QED) is 0.837. The lowest BCUT2D eigenvalue weighted by Gasteiger charge is -2.26. The van der Waals surface area contributed by atoms with Crippen LogP contribution in [0.2, 0.25) is 0 Å². The van der Waals surface area contributed by atoms with E-state index < -0.39 is 0 Å². The van der Waals surface area contributed by atoms with Crippen LogP contribution in [0.1, 0.15) is 38.4 Å². The third kappa shape index (κ3) is 1.98. The average molecular weight is 243 g/mol. The molecule has 2 N–H and O–H groups in total. The lowest BCUT2D eigenvalue weighted by Crippen LogP contribution is -2.19. The van der Waals surface area contributed by atoms with Gasteiger partial charge in [-0.25, -0.2) is 4.98 Å². The smallest absolute Gasteiger partial charge is 0.109 e. The Morgan fingerprint density at radius 2 is 2.22 bits per heavy atom. The number of nitrogens with two attached hydrogens (primary N) is 1. The maximum absolute atomic E-state index is 5.85. The largest absolute Gasteiger partial charge is 0.399 e. The van der Waals surface area contributed by atoms with Gasteiger partial charge in [0.2, 0.25) is 0 Å². The fraction of sp³-hybridized carbons (Fsp3) is 0.533. The number of aryl methyl sites for hydroxylation is 1.